The molecule has 0 heterocycles. The molecule has 1 amide bonds. The van der Waals surface area contributed by atoms with Gasteiger partial charge in [-0.05, 0) is 11.0 Å². The minimum absolute atomic E-state index is 0.0137. The number of carbonyl (C=O) groups is 1. The lowest BCUT2D eigenvalue weighted by molar-refractivity contribution is 0.169. The van der Waals surface area contributed by atoms with Crippen molar-refractivity contribution >= 4 is 14.2 Å². The third kappa shape index (κ3) is 5.22. The van der Waals surface area contributed by atoms with E-state index in [4.69, 9.17) is 5.11 Å². The molecule has 5 heteroatoms. The molecule has 3 N–H and O–H groups in total. The predicted octanol–water partition coefficient (Wildman–Crippen LogP) is 2.85. The summed E-state index contributed by atoms with van der Waals surface area (Å²) in [5.74, 6) is -0.0137. The van der Waals surface area contributed by atoms with Gasteiger partial charge in [-0.15, -0.1) is 0 Å². The average molecular weight is 273 g/mol. The standard InChI is InChI=1S/C13H27NO3Si/c1-10(11(9-15)14-12(16)17)7-8-18(5,6)13(2,3)4/h7-8,10-11,14-15H,9H2,1-6H3,(H,16,17)/b8-7+. The Morgan fingerprint density at radius 1 is 1.39 bits per heavy atom. The summed E-state index contributed by atoms with van der Waals surface area (Å²) in [6.45, 7) is 13.0. The van der Waals surface area contributed by atoms with E-state index in [-0.39, 0.29) is 17.6 Å². The van der Waals surface area contributed by atoms with Gasteiger partial charge in [0.15, 0.2) is 0 Å². The maximum absolute atomic E-state index is 10.6. The lowest BCUT2D eigenvalue weighted by Gasteiger charge is -2.34. The van der Waals surface area contributed by atoms with Crippen molar-refractivity contribution in [2.45, 2.75) is 51.9 Å². The first-order valence-corrected chi connectivity index (χ1v) is 9.38. The molecule has 0 spiro atoms. The SMILES string of the molecule is CC(/C=C/[Si](C)(C)C(C)(C)C)C(CO)NC(=O)O. The number of aliphatic hydroxyl groups excluding tert-OH is 1. The molecule has 0 aromatic heterocycles. The molecule has 0 aliphatic rings. The molecule has 2 atom stereocenters. The number of carboxylic acid groups (broad SMARTS) is 1. The summed E-state index contributed by atoms with van der Waals surface area (Å²) in [5.41, 5.74) is 2.24. The molecule has 0 bridgehead atoms. The highest BCUT2D eigenvalue weighted by molar-refractivity contribution is 6.84. The van der Waals surface area contributed by atoms with Crippen molar-refractivity contribution in [1.29, 1.82) is 0 Å². The zero-order chi connectivity index (χ0) is 14.6. The normalized spacial score (nSPS) is 16.6. The molecule has 0 aliphatic carbocycles. The van der Waals surface area contributed by atoms with Crippen molar-refractivity contribution in [1.82, 2.24) is 5.32 Å². The predicted molar refractivity (Wildman–Crippen MR) is 77.5 cm³/mol. The van der Waals surface area contributed by atoms with Crippen LogP contribution in [0.15, 0.2) is 11.8 Å². The Bertz CT molecular complexity index is 308. The summed E-state index contributed by atoms with van der Waals surface area (Å²) in [4.78, 5) is 10.6. The molecule has 4 nitrogen and oxygen atoms in total. The third-order valence-corrected chi connectivity index (χ3v) is 8.78. The summed E-state index contributed by atoms with van der Waals surface area (Å²) in [6, 6.07) is -0.441. The van der Waals surface area contributed by atoms with Crippen LogP contribution in [0.4, 0.5) is 4.79 Å². The maximum Gasteiger partial charge on any atom is 0.404 e. The Labute approximate surface area is 111 Å². The Morgan fingerprint density at radius 2 is 1.89 bits per heavy atom. The first-order valence-electron chi connectivity index (χ1n) is 6.31. The summed E-state index contributed by atoms with van der Waals surface area (Å²) in [7, 11) is -1.50. The van der Waals surface area contributed by atoms with Gasteiger partial charge < -0.3 is 15.5 Å². The molecule has 0 aliphatic heterocycles. The van der Waals surface area contributed by atoms with Crippen LogP contribution in [0.3, 0.4) is 0 Å². The van der Waals surface area contributed by atoms with Gasteiger partial charge in [-0.3, -0.25) is 0 Å². The molecular formula is C13H27NO3Si. The van der Waals surface area contributed by atoms with Gasteiger partial charge in [-0.25, -0.2) is 4.79 Å². The zero-order valence-electron chi connectivity index (χ0n) is 12.3. The number of hydrogen-bond acceptors (Lipinski definition) is 2. The first kappa shape index (κ1) is 17.2. The Balaban J connectivity index is 4.72. The van der Waals surface area contributed by atoms with Crippen LogP contribution in [0.1, 0.15) is 27.7 Å². The van der Waals surface area contributed by atoms with Gasteiger partial charge in [0.05, 0.1) is 20.7 Å². The van der Waals surface area contributed by atoms with Gasteiger partial charge in [0.1, 0.15) is 0 Å². The third-order valence-electron chi connectivity index (χ3n) is 3.89. The number of aliphatic hydroxyl groups is 1. The molecule has 0 radical (unpaired) electrons. The largest absolute Gasteiger partial charge is 0.465 e. The van der Waals surface area contributed by atoms with E-state index in [2.05, 4.69) is 44.9 Å². The van der Waals surface area contributed by atoms with Gasteiger partial charge in [0.2, 0.25) is 0 Å². The van der Waals surface area contributed by atoms with Gasteiger partial charge in [0, 0.05) is 0 Å². The fourth-order valence-corrected chi connectivity index (χ4v) is 2.56. The second kappa shape index (κ2) is 6.38. The second-order valence-electron chi connectivity index (χ2n) is 6.43. The van der Waals surface area contributed by atoms with Crippen molar-refractivity contribution in [2.24, 2.45) is 5.92 Å². The molecule has 0 saturated heterocycles. The summed E-state index contributed by atoms with van der Waals surface area (Å²) in [6.07, 6.45) is 0.940. The Hall–Kier alpha value is -0.813. The zero-order valence-corrected chi connectivity index (χ0v) is 13.3. The van der Waals surface area contributed by atoms with Gasteiger partial charge in [0.25, 0.3) is 0 Å². The fraction of sp³-hybridized carbons (Fsp3) is 0.769. The van der Waals surface area contributed by atoms with Crippen LogP contribution >= 0.6 is 0 Å². The number of hydrogen-bond donors (Lipinski definition) is 3. The van der Waals surface area contributed by atoms with Crippen LogP contribution < -0.4 is 5.32 Å². The number of rotatable bonds is 5. The average Bonchev–Trinajstić information content (AvgIpc) is 2.20. The van der Waals surface area contributed by atoms with E-state index in [1.54, 1.807) is 0 Å². The van der Waals surface area contributed by atoms with E-state index in [0.29, 0.717) is 0 Å². The quantitative estimate of drug-likeness (QED) is 0.675. The number of amides is 1. The van der Waals surface area contributed by atoms with Crippen molar-refractivity contribution in [3.05, 3.63) is 11.8 Å². The first-order chi connectivity index (χ1) is 8.01. The van der Waals surface area contributed by atoms with Crippen LogP contribution in [0.25, 0.3) is 0 Å². The minimum atomic E-state index is -1.50. The van der Waals surface area contributed by atoms with E-state index in [9.17, 15) is 9.90 Å². The molecule has 0 fully saturated rings. The molecule has 0 aromatic rings. The van der Waals surface area contributed by atoms with Crippen LogP contribution in [-0.4, -0.2) is 37.0 Å². The monoisotopic (exact) mass is 273 g/mol. The van der Waals surface area contributed by atoms with Gasteiger partial charge in [-0.1, -0.05) is 52.6 Å². The van der Waals surface area contributed by atoms with Crippen molar-refractivity contribution in [3.8, 4) is 0 Å². The maximum atomic E-state index is 10.6. The minimum Gasteiger partial charge on any atom is -0.465 e. The highest BCUT2D eigenvalue weighted by Crippen LogP contribution is 2.36. The summed E-state index contributed by atoms with van der Waals surface area (Å²) in [5, 5.41) is 20.5. The van der Waals surface area contributed by atoms with Crippen LogP contribution in [0.2, 0.25) is 18.1 Å². The molecular weight excluding hydrogens is 246 g/mol. The topological polar surface area (TPSA) is 69.6 Å². The second-order valence-corrected chi connectivity index (χ2v) is 11.7. The summed E-state index contributed by atoms with van der Waals surface area (Å²) < 4.78 is 0. The Kier molecular flexibility index (Phi) is 6.09. The molecule has 2 unspecified atom stereocenters. The molecule has 18 heavy (non-hydrogen) atoms. The molecule has 0 aromatic carbocycles. The van der Waals surface area contributed by atoms with E-state index in [1.807, 2.05) is 13.0 Å². The molecule has 106 valence electrons. The van der Waals surface area contributed by atoms with Crippen LogP contribution in [0.5, 0.6) is 0 Å². The van der Waals surface area contributed by atoms with E-state index in [0.717, 1.165) is 0 Å². The molecule has 0 saturated carbocycles. The van der Waals surface area contributed by atoms with Gasteiger partial charge >= 0.3 is 6.09 Å². The number of nitrogens with one attached hydrogen (secondary N) is 1. The van der Waals surface area contributed by atoms with Crippen molar-refractivity contribution in [3.63, 3.8) is 0 Å². The fourth-order valence-electron chi connectivity index (χ4n) is 1.28. The smallest absolute Gasteiger partial charge is 0.404 e. The lowest BCUT2D eigenvalue weighted by Crippen LogP contribution is -2.41. The van der Waals surface area contributed by atoms with Crippen LogP contribution in [-0.2, 0) is 0 Å². The van der Waals surface area contributed by atoms with Crippen molar-refractivity contribution < 1.29 is 15.0 Å². The van der Waals surface area contributed by atoms with E-state index in [1.165, 1.54) is 0 Å². The highest BCUT2D eigenvalue weighted by atomic mass is 28.3. The highest BCUT2D eigenvalue weighted by Gasteiger charge is 2.32. The lowest BCUT2D eigenvalue weighted by atomic mass is 10.0. The van der Waals surface area contributed by atoms with Crippen molar-refractivity contribution in [2.75, 3.05) is 6.61 Å². The van der Waals surface area contributed by atoms with E-state index >= 15 is 0 Å². The molecule has 0 rings (SSSR count). The summed E-state index contributed by atoms with van der Waals surface area (Å²) >= 11 is 0. The van der Waals surface area contributed by atoms with E-state index < -0.39 is 20.2 Å². The van der Waals surface area contributed by atoms with Crippen LogP contribution in [0, 0.1) is 5.92 Å². The van der Waals surface area contributed by atoms with Gasteiger partial charge in [-0.2, -0.15) is 0 Å². The Morgan fingerprint density at radius 3 is 2.22 bits per heavy atom.